The van der Waals surface area contributed by atoms with Crippen molar-refractivity contribution < 1.29 is 86.0 Å². The van der Waals surface area contributed by atoms with E-state index in [-0.39, 0.29) is 48.1 Å². The molecule has 0 aliphatic rings. The van der Waals surface area contributed by atoms with Crippen molar-refractivity contribution in [1.29, 1.82) is 0 Å². The van der Waals surface area contributed by atoms with E-state index in [0.29, 0.717) is 26.1 Å². The number of nitrogens with one attached hydrogen (secondary N) is 2. The average molecular weight is 1050 g/mol. The van der Waals surface area contributed by atoms with E-state index in [1.54, 1.807) is 102 Å². The first-order chi connectivity index (χ1) is 32.2. The van der Waals surface area contributed by atoms with Gasteiger partial charge in [-0.05, 0) is 13.8 Å². The Labute approximate surface area is 418 Å². The first-order valence-electron chi connectivity index (χ1n) is 19.3. The highest BCUT2D eigenvalue weighted by molar-refractivity contribution is 5.75. The van der Waals surface area contributed by atoms with Crippen LogP contribution in [0.4, 0.5) is 28.8 Å². The summed E-state index contributed by atoms with van der Waals surface area (Å²) in [6.07, 6.45) is -0.641. The highest BCUT2D eigenvalue weighted by Crippen LogP contribution is 1.83. The number of hydrogen-bond donors (Lipinski definition) is 11. The first kappa shape index (κ1) is 96.7. The lowest BCUT2D eigenvalue weighted by atomic mass is 10.4. The summed E-state index contributed by atoms with van der Waals surface area (Å²) in [5.41, 5.74) is 34.4. The Bertz CT molecular complexity index is 1260. The predicted octanol–water partition coefficient (Wildman–Crippen LogP) is -3.17. The molecule has 0 radical (unpaired) electrons. The van der Waals surface area contributed by atoms with E-state index >= 15 is 0 Å². The second-order valence-corrected chi connectivity index (χ2v) is 11.7. The van der Waals surface area contributed by atoms with Crippen molar-refractivity contribution in [2.75, 3.05) is 105 Å². The maximum atomic E-state index is 10.4. The van der Waals surface area contributed by atoms with Crippen LogP contribution in [-0.4, -0.2) is 208 Å². The molecule has 0 aliphatic heterocycles. The molecule has 20 N–H and O–H groups in total. The van der Waals surface area contributed by atoms with Gasteiger partial charge in [0, 0.05) is 104 Å². The number of carbonyl (C=O) groups excluding carboxylic acids is 13. The van der Waals surface area contributed by atoms with Crippen molar-refractivity contribution in [3.63, 3.8) is 0 Å². The number of methoxy groups -OCH3 is 3. The van der Waals surface area contributed by atoms with Gasteiger partial charge in [0.1, 0.15) is 0 Å². The lowest BCUT2D eigenvalue weighted by Gasteiger charge is -2.07. The van der Waals surface area contributed by atoms with Crippen LogP contribution >= 0.6 is 0 Å². The number of nitrogens with zero attached hydrogens (tertiary/aromatic N) is 5. The fourth-order valence-electron chi connectivity index (χ4n) is 0.953. The Hall–Kier alpha value is -8.17. The summed E-state index contributed by atoms with van der Waals surface area (Å²) in [7, 11) is 20.7. The molecule has 0 spiro atoms. The van der Waals surface area contributed by atoms with Crippen molar-refractivity contribution in [3.8, 4) is 0 Å². The number of urea groups is 1. The van der Waals surface area contributed by atoms with E-state index in [0.717, 1.165) is 6.41 Å². The molecule has 0 aliphatic carbocycles. The third-order valence-corrected chi connectivity index (χ3v) is 4.16. The minimum atomic E-state index is -0.833. The van der Waals surface area contributed by atoms with Gasteiger partial charge < -0.3 is 88.3 Å². The summed E-state index contributed by atoms with van der Waals surface area (Å²) in [5.74, 6) is 8.61. The summed E-state index contributed by atoms with van der Waals surface area (Å²) < 4.78 is 21.0. The fourth-order valence-corrected chi connectivity index (χ4v) is 0.953. The second-order valence-electron chi connectivity index (χ2n) is 11.7. The highest BCUT2D eigenvalue weighted by atomic mass is 16.6. The van der Waals surface area contributed by atoms with Crippen molar-refractivity contribution in [1.82, 2.24) is 35.4 Å². The van der Waals surface area contributed by atoms with Crippen LogP contribution < -0.4 is 62.7 Å². The van der Waals surface area contributed by atoms with Crippen LogP contribution in [-0.2, 0) is 57.2 Å². The zero-order chi connectivity index (χ0) is 60.4. The molecule has 34 heteroatoms. The number of carbonyl (C=O) groups is 13. The molecule has 0 saturated heterocycles. The van der Waals surface area contributed by atoms with Gasteiger partial charge in [-0.2, -0.15) is 0 Å². The summed E-state index contributed by atoms with van der Waals surface area (Å²) in [4.78, 5) is 133. The van der Waals surface area contributed by atoms with Crippen molar-refractivity contribution >= 4 is 78.9 Å². The molecule has 0 unspecified atom stereocenters. The molecule has 34 nitrogen and oxygen atoms in total. The highest BCUT2D eigenvalue weighted by Gasteiger charge is 2.00. The molecule has 0 aromatic rings. The number of nitrogens with two attached hydrogens (primary N) is 9. The minimum Gasteiger partial charge on any atom is -0.453 e. The number of hydrazine groups is 2. The smallest absolute Gasteiger partial charge is 0.421 e. The number of ether oxygens (including phenoxy) is 5. The van der Waals surface area contributed by atoms with Gasteiger partial charge in [-0.3, -0.25) is 44.4 Å². The Balaban J connectivity index is -0.0000000470. The van der Waals surface area contributed by atoms with Crippen molar-refractivity contribution in [2.45, 2.75) is 61.3 Å². The third kappa shape index (κ3) is 249. The number of primary amides is 7. The normalized spacial score (nSPS) is 7.24. The Morgan fingerprint density at radius 2 is 0.775 bits per heavy atom. The minimum absolute atomic E-state index is 0.0926. The van der Waals surface area contributed by atoms with Gasteiger partial charge in [0.25, 0.3) is 0 Å². The molecule has 0 atom stereocenters. The molecule has 0 heterocycles. The molecular formula is C37H90N16O18. The third-order valence-electron chi connectivity index (χ3n) is 4.16. The SMILES string of the molecule is CC(=O)N(C)C.CC(=O)NN.CC(N)=O.CCC(=O)N(C)C.CCC(N)=O.CCOC(=O)N(C)C.CCOC(N)=O.CN(C)C=O.COC(=O)N(C)C.COC(=O)NN.COC(N)=O.NC(N)=O.NC=O. The summed E-state index contributed by atoms with van der Waals surface area (Å²) in [6.45, 7) is 12.0. The molecular weight excluding hydrogens is 957 g/mol. The molecule has 0 saturated carbocycles. The maximum Gasteiger partial charge on any atom is 0.421 e. The molecule has 0 aromatic heterocycles. The summed E-state index contributed by atoms with van der Waals surface area (Å²) >= 11 is 0. The Morgan fingerprint density at radius 3 is 0.789 bits per heavy atom. The van der Waals surface area contributed by atoms with Gasteiger partial charge in [0.2, 0.25) is 42.4 Å². The molecule has 71 heavy (non-hydrogen) atoms. The van der Waals surface area contributed by atoms with Crippen LogP contribution in [0.1, 0.15) is 61.3 Å². The van der Waals surface area contributed by atoms with E-state index in [9.17, 15) is 52.7 Å². The van der Waals surface area contributed by atoms with Gasteiger partial charge in [-0.1, -0.05) is 13.8 Å². The van der Waals surface area contributed by atoms with Gasteiger partial charge in [0.05, 0.1) is 34.5 Å². The molecule has 0 fully saturated rings. The van der Waals surface area contributed by atoms with E-state index in [4.69, 9.17) is 9.59 Å². The average Bonchev–Trinajstić information content (AvgIpc) is 3.27. The van der Waals surface area contributed by atoms with E-state index in [1.165, 1.54) is 61.7 Å². The number of hydrogen-bond acceptors (Lipinski definition) is 20. The molecule has 0 aromatic carbocycles. The van der Waals surface area contributed by atoms with Crippen molar-refractivity contribution in [2.24, 2.45) is 51.8 Å². The zero-order valence-corrected chi connectivity index (χ0v) is 45.3. The van der Waals surface area contributed by atoms with Crippen LogP contribution in [0.5, 0.6) is 0 Å². The lowest BCUT2D eigenvalue weighted by Crippen LogP contribution is -2.29. The van der Waals surface area contributed by atoms with Gasteiger partial charge >= 0.3 is 36.5 Å². The van der Waals surface area contributed by atoms with E-state index in [2.05, 4.69) is 75.5 Å². The Morgan fingerprint density at radius 1 is 0.507 bits per heavy atom. The van der Waals surface area contributed by atoms with Gasteiger partial charge in [-0.25, -0.2) is 40.5 Å². The van der Waals surface area contributed by atoms with Crippen LogP contribution in [0.2, 0.25) is 0 Å². The van der Waals surface area contributed by atoms with Crippen LogP contribution in [0.3, 0.4) is 0 Å². The standard InChI is InChI=1S/C5H11NO2.C5H11NO.C4H9NO2.C4H9NO.C3H7NO2.2C3H7NO.C2H6N2O2.C2H6N2O.C2H5NO2.C2H5NO.CH4N2O.CH3NO/c1-4-8-5(7)6(2)3;1-4-5(7)6(2)3;1-5(2)4(6)7-3;1-4(6)5(2)3;1-2-6-3(4)5;1-4(2)3-5;1-2-3(4)5;1-6-2(5)4-3;1-2(5)4-3;1-5-2(3)4;1-2(3)4;2-1(3)4;2-1-3/h4H2,1-3H3;4H2,1-3H3;1-3H3;1-3H3;2H2,1H3,(H2,4,5);3H,1-2H3;2H2,1H3,(H2,4,5);3H2,1H3,(H,4,5);3H2,1H3,(H,4,5);1H3,(H2,3,4);1H3,(H2,3,4);(H4,2,3,4);1H,(H2,2,3). The lowest BCUT2D eigenvalue weighted by molar-refractivity contribution is -0.128. The quantitative estimate of drug-likeness (QED) is 0.0425. The van der Waals surface area contributed by atoms with E-state index < -0.39 is 24.3 Å². The first-order valence-corrected chi connectivity index (χ1v) is 19.3. The summed E-state index contributed by atoms with van der Waals surface area (Å²) in [5, 5.41) is 0. The molecule has 0 bridgehead atoms. The topological polar surface area (TPSA) is 542 Å². The van der Waals surface area contributed by atoms with Crippen LogP contribution in [0.15, 0.2) is 0 Å². The van der Waals surface area contributed by atoms with Crippen molar-refractivity contribution in [3.05, 3.63) is 0 Å². The maximum absolute atomic E-state index is 10.4. The number of rotatable bonds is 5. The van der Waals surface area contributed by atoms with Crippen LogP contribution in [0.25, 0.3) is 0 Å². The molecule has 0 rings (SSSR count). The number of amides is 14. The summed E-state index contributed by atoms with van der Waals surface area (Å²) in [6, 6.07) is -0.833. The molecule has 14 amide bonds. The second kappa shape index (κ2) is 82.0. The zero-order valence-electron chi connectivity index (χ0n) is 45.3. The largest absolute Gasteiger partial charge is 0.453 e. The van der Waals surface area contributed by atoms with Gasteiger partial charge in [0.15, 0.2) is 0 Å². The fraction of sp³-hybridized carbons (Fsp3) is 0.649. The Kier molecular flexibility index (Phi) is 112. The van der Waals surface area contributed by atoms with Gasteiger partial charge in [-0.15, -0.1) is 0 Å². The van der Waals surface area contributed by atoms with E-state index in [1.807, 2.05) is 12.3 Å². The monoisotopic (exact) mass is 1050 g/mol. The van der Waals surface area contributed by atoms with Crippen LogP contribution in [0, 0.1) is 0 Å². The predicted molar refractivity (Wildman–Crippen MR) is 264 cm³/mol. The molecule has 426 valence electrons.